The van der Waals surface area contributed by atoms with Gasteiger partial charge in [-0.05, 0) is 46.3 Å². The average Bonchev–Trinajstić information content (AvgIpc) is 3.15. The molecule has 3 rings (SSSR count). The third kappa shape index (κ3) is 2.69. The average molecular weight is 296 g/mol. The molecule has 92 valence electrons. The van der Waals surface area contributed by atoms with Crippen LogP contribution in [-0.2, 0) is 0 Å². The number of aromatic nitrogens is 1. The summed E-state index contributed by atoms with van der Waals surface area (Å²) in [6, 6.07) is 2.82. The van der Waals surface area contributed by atoms with E-state index in [1.807, 2.05) is 12.4 Å². The molecular weight excluding hydrogens is 278 g/mol. The normalized spacial score (nSPS) is 23.6. The Labute approximate surface area is 111 Å². The Kier molecular flexibility index (Phi) is 3.45. The summed E-state index contributed by atoms with van der Waals surface area (Å²) in [6.45, 7) is 4.55. The van der Waals surface area contributed by atoms with E-state index in [-0.39, 0.29) is 0 Å². The third-order valence-electron chi connectivity index (χ3n) is 3.68. The van der Waals surface area contributed by atoms with E-state index in [1.165, 1.54) is 18.4 Å². The molecule has 0 radical (unpaired) electrons. The molecule has 0 spiro atoms. The number of nitrogens with zero attached hydrogens (tertiary/aromatic N) is 2. The fraction of sp³-hybridized carbons (Fsp3) is 0.615. The first-order chi connectivity index (χ1) is 8.34. The highest BCUT2D eigenvalue weighted by Crippen LogP contribution is 2.44. The van der Waals surface area contributed by atoms with Crippen LogP contribution < -0.4 is 5.32 Å². The first-order valence-corrected chi connectivity index (χ1v) is 7.19. The quantitative estimate of drug-likeness (QED) is 0.927. The van der Waals surface area contributed by atoms with Crippen LogP contribution in [0.3, 0.4) is 0 Å². The molecule has 1 saturated carbocycles. The molecule has 2 heterocycles. The topological polar surface area (TPSA) is 28.2 Å². The summed E-state index contributed by atoms with van der Waals surface area (Å²) in [5, 5.41) is 3.43. The number of hydrogen-bond donors (Lipinski definition) is 1. The molecule has 1 atom stereocenters. The summed E-state index contributed by atoms with van der Waals surface area (Å²) in [6.07, 6.45) is 6.66. The molecule has 17 heavy (non-hydrogen) atoms. The lowest BCUT2D eigenvalue weighted by molar-refractivity contribution is 0.156. The lowest BCUT2D eigenvalue weighted by atomic mass is 10.0. The highest BCUT2D eigenvalue weighted by atomic mass is 79.9. The Hall–Kier alpha value is -0.450. The fourth-order valence-corrected chi connectivity index (χ4v) is 3.13. The van der Waals surface area contributed by atoms with E-state index >= 15 is 0 Å². The van der Waals surface area contributed by atoms with Crippen LogP contribution in [0.1, 0.15) is 24.4 Å². The zero-order chi connectivity index (χ0) is 11.7. The highest BCUT2D eigenvalue weighted by molar-refractivity contribution is 9.10. The predicted octanol–water partition coefficient (Wildman–Crippen LogP) is 2.20. The number of nitrogens with one attached hydrogen (secondary N) is 1. The summed E-state index contributed by atoms with van der Waals surface area (Å²) in [5.41, 5.74) is 1.38. The van der Waals surface area contributed by atoms with Crippen LogP contribution in [0.4, 0.5) is 0 Å². The molecule has 0 amide bonds. The first-order valence-electron chi connectivity index (χ1n) is 6.40. The Balaban J connectivity index is 1.83. The van der Waals surface area contributed by atoms with Crippen molar-refractivity contribution in [2.24, 2.45) is 5.92 Å². The van der Waals surface area contributed by atoms with E-state index in [9.17, 15) is 0 Å². The third-order valence-corrected chi connectivity index (χ3v) is 4.11. The maximum Gasteiger partial charge on any atom is 0.0410 e. The smallest absolute Gasteiger partial charge is 0.0410 e. The van der Waals surface area contributed by atoms with Gasteiger partial charge < -0.3 is 5.32 Å². The van der Waals surface area contributed by atoms with E-state index in [0.717, 1.165) is 36.6 Å². The number of rotatable bonds is 3. The van der Waals surface area contributed by atoms with Crippen LogP contribution in [-0.4, -0.2) is 36.1 Å². The monoisotopic (exact) mass is 295 g/mol. The summed E-state index contributed by atoms with van der Waals surface area (Å²) in [4.78, 5) is 6.94. The van der Waals surface area contributed by atoms with Crippen LogP contribution in [0, 0.1) is 5.92 Å². The predicted molar refractivity (Wildman–Crippen MR) is 71.8 cm³/mol. The molecule has 1 aromatic heterocycles. The molecule has 2 fully saturated rings. The van der Waals surface area contributed by atoms with Gasteiger partial charge in [0.2, 0.25) is 0 Å². The molecular formula is C13H18BrN3. The van der Waals surface area contributed by atoms with Gasteiger partial charge in [0, 0.05) is 49.1 Å². The molecule has 1 saturated heterocycles. The summed E-state index contributed by atoms with van der Waals surface area (Å²) >= 11 is 3.53. The standard InChI is InChI=1S/C13H18BrN3/c14-12-7-11(8-16-9-12)13(10-1-2-10)17-5-3-15-4-6-17/h7-10,13,15H,1-6H2/t13-/m1/s1. The van der Waals surface area contributed by atoms with Gasteiger partial charge in [0.15, 0.2) is 0 Å². The molecule has 4 heteroatoms. The molecule has 3 nitrogen and oxygen atoms in total. The zero-order valence-corrected chi connectivity index (χ0v) is 11.5. The van der Waals surface area contributed by atoms with Crippen molar-refractivity contribution in [2.45, 2.75) is 18.9 Å². The molecule has 1 N–H and O–H groups in total. The second-order valence-electron chi connectivity index (χ2n) is 5.00. The molecule has 1 aromatic rings. The maximum absolute atomic E-state index is 4.32. The molecule has 0 aromatic carbocycles. The van der Waals surface area contributed by atoms with Crippen molar-refractivity contribution in [3.8, 4) is 0 Å². The van der Waals surface area contributed by atoms with E-state index in [4.69, 9.17) is 0 Å². The minimum Gasteiger partial charge on any atom is -0.314 e. The molecule has 1 aliphatic carbocycles. The maximum atomic E-state index is 4.32. The minimum absolute atomic E-state index is 0.585. The van der Waals surface area contributed by atoms with Crippen LogP contribution in [0.15, 0.2) is 22.9 Å². The Morgan fingerprint density at radius 1 is 1.29 bits per heavy atom. The highest BCUT2D eigenvalue weighted by Gasteiger charge is 2.36. The van der Waals surface area contributed by atoms with E-state index in [2.05, 4.69) is 37.2 Å². The summed E-state index contributed by atoms with van der Waals surface area (Å²) in [7, 11) is 0. The van der Waals surface area contributed by atoms with E-state index in [1.54, 1.807) is 0 Å². The minimum atomic E-state index is 0.585. The van der Waals surface area contributed by atoms with Gasteiger partial charge >= 0.3 is 0 Å². The van der Waals surface area contributed by atoms with Crippen molar-refractivity contribution < 1.29 is 0 Å². The van der Waals surface area contributed by atoms with Gasteiger partial charge in [-0.1, -0.05) is 0 Å². The lowest BCUT2D eigenvalue weighted by Crippen LogP contribution is -2.45. The van der Waals surface area contributed by atoms with Gasteiger partial charge in [-0.15, -0.1) is 0 Å². The number of piperazine rings is 1. The largest absolute Gasteiger partial charge is 0.314 e. The van der Waals surface area contributed by atoms with Crippen molar-refractivity contribution in [3.63, 3.8) is 0 Å². The van der Waals surface area contributed by atoms with Crippen LogP contribution >= 0.6 is 15.9 Å². The fourth-order valence-electron chi connectivity index (χ4n) is 2.74. The van der Waals surface area contributed by atoms with Crippen molar-refractivity contribution in [3.05, 3.63) is 28.5 Å². The number of pyridine rings is 1. The zero-order valence-electron chi connectivity index (χ0n) is 9.90. The Morgan fingerprint density at radius 3 is 2.71 bits per heavy atom. The SMILES string of the molecule is Brc1cncc([C@@H](C2CC2)N2CCNCC2)c1. The van der Waals surface area contributed by atoms with Crippen molar-refractivity contribution in [2.75, 3.05) is 26.2 Å². The van der Waals surface area contributed by atoms with Gasteiger partial charge in [-0.3, -0.25) is 9.88 Å². The molecule has 2 aliphatic rings. The van der Waals surface area contributed by atoms with Crippen LogP contribution in [0.5, 0.6) is 0 Å². The van der Waals surface area contributed by atoms with E-state index < -0.39 is 0 Å². The second-order valence-corrected chi connectivity index (χ2v) is 5.92. The Bertz CT molecular complexity index is 386. The Morgan fingerprint density at radius 2 is 2.06 bits per heavy atom. The van der Waals surface area contributed by atoms with Gasteiger partial charge in [0.1, 0.15) is 0 Å². The molecule has 1 aliphatic heterocycles. The van der Waals surface area contributed by atoms with Gasteiger partial charge in [0.05, 0.1) is 0 Å². The van der Waals surface area contributed by atoms with Crippen molar-refractivity contribution in [1.82, 2.24) is 15.2 Å². The van der Waals surface area contributed by atoms with Gasteiger partial charge in [0.25, 0.3) is 0 Å². The number of halogens is 1. The molecule has 0 unspecified atom stereocenters. The lowest BCUT2D eigenvalue weighted by Gasteiger charge is -2.35. The van der Waals surface area contributed by atoms with Crippen molar-refractivity contribution in [1.29, 1.82) is 0 Å². The molecule has 0 bridgehead atoms. The first kappa shape index (κ1) is 11.6. The second kappa shape index (κ2) is 5.04. The van der Waals surface area contributed by atoms with Crippen LogP contribution in [0.2, 0.25) is 0 Å². The van der Waals surface area contributed by atoms with Crippen molar-refractivity contribution >= 4 is 15.9 Å². The summed E-state index contributed by atoms with van der Waals surface area (Å²) < 4.78 is 1.09. The summed E-state index contributed by atoms with van der Waals surface area (Å²) in [5.74, 6) is 0.851. The van der Waals surface area contributed by atoms with Crippen LogP contribution in [0.25, 0.3) is 0 Å². The van der Waals surface area contributed by atoms with Gasteiger partial charge in [-0.2, -0.15) is 0 Å². The van der Waals surface area contributed by atoms with Gasteiger partial charge in [-0.25, -0.2) is 0 Å². The van der Waals surface area contributed by atoms with E-state index in [0.29, 0.717) is 6.04 Å². The number of hydrogen-bond acceptors (Lipinski definition) is 3.